The number of carbonyl (C=O) groups excluding carboxylic acids is 4. The molecule has 0 aliphatic heterocycles. The summed E-state index contributed by atoms with van der Waals surface area (Å²) in [7, 11) is -9.89. The standard InChI is InChI=1S/C63H122O17P2/c1-9-55(7)41-33-25-18-21-27-35-43-60(65)73-49-58(79-62(67)45-37-29-16-14-12-11-13-15-23-31-39-53(3)4)51-77-81(69,70)75-47-57(64)48-76-82(71,72)78-52-59(80-63(68)46-38-30-20-17-24-32-40-54(5)6)50-74-61(66)44-36-28-22-19-26-34-42-56(8)10-2/h53-59,64H,9-52H2,1-8H3,(H,69,70)(H,71,72)/t55?,56?,57-,58+,59+/m0/s1. The van der Waals surface area contributed by atoms with Crippen LogP contribution >= 0.6 is 15.6 Å². The van der Waals surface area contributed by atoms with E-state index in [1.54, 1.807) is 0 Å². The van der Waals surface area contributed by atoms with E-state index >= 15 is 0 Å². The Bertz CT molecular complexity index is 1650. The van der Waals surface area contributed by atoms with E-state index < -0.39 is 97.5 Å². The topological polar surface area (TPSA) is 237 Å². The maximum Gasteiger partial charge on any atom is 0.472 e. The Balaban J connectivity index is 5.26. The first kappa shape index (κ1) is 80.1. The SMILES string of the molecule is CCC(C)CCCCCCCCC(=O)OC[C@H](COP(=O)(O)OC[C@H](O)COP(=O)(O)OC[C@@H](COC(=O)CCCCCCCCC(C)CC)OC(=O)CCCCCCCCC(C)C)OC(=O)CCCCCCCCCCCCC(C)C. The molecule has 0 aromatic rings. The van der Waals surface area contributed by atoms with Crippen LogP contribution in [0.2, 0.25) is 0 Å². The zero-order valence-corrected chi connectivity index (χ0v) is 54.9. The highest BCUT2D eigenvalue weighted by atomic mass is 31.2. The molecule has 0 aromatic carbocycles. The number of phosphoric acid groups is 2. The number of rotatable bonds is 60. The van der Waals surface area contributed by atoms with Crippen LogP contribution in [0.25, 0.3) is 0 Å². The monoisotopic (exact) mass is 1210 g/mol. The predicted molar refractivity (Wildman–Crippen MR) is 326 cm³/mol. The van der Waals surface area contributed by atoms with Crippen molar-refractivity contribution in [2.24, 2.45) is 23.7 Å². The first-order chi connectivity index (χ1) is 39.2. The van der Waals surface area contributed by atoms with E-state index in [2.05, 4.69) is 55.4 Å². The van der Waals surface area contributed by atoms with Gasteiger partial charge in [-0.3, -0.25) is 37.3 Å². The molecule has 0 spiro atoms. The fraction of sp³-hybridized carbons (Fsp3) is 0.937. The van der Waals surface area contributed by atoms with E-state index in [1.807, 2.05) is 0 Å². The summed E-state index contributed by atoms with van der Waals surface area (Å²) < 4.78 is 67.9. The minimum absolute atomic E-state index is 0.100. The van der Waals surface area contributed by atoms with Gasteiger partial charge in [0.1, 0.15) is 19.3 Å². The largest absolute Gasteiger partial charge is 0.472 e. The Morgan fingerprint density at radius 1 is 0.341 bits per heavy atom. The molecule has 0 heterocycles. The molecule has 0 saturated carbocycles. The highest BCUT2D eigenvalue weighted by Crippen LogP contribution is 2.45. The molecule has 0 aliphatic rings. The van der Waals surface area contributed by atoms with Crippen LogP contribution in [0.1, 0.15) is 299 Å². The molecule has 0 bridgehead atoms. The summed E-state index contributed by atoms with van der Waals surface area (Å²) in [5.74, 6) is 0.738. The van der Waals surface area contributed by atoms with Gasteiger partial charge in [-0.25, -0.2) is 9.13 Å². The molecule has 0 saturated heterocycles. The van der Waals surface area contributed by atoms with Gasteiger partial charge in [0.25, 0.3) is 0 Å². The second kappa shape index (κ2) is 53.3. The second-order valence-corrected chi connectivity index (χ2v) is 27.1. The van der Waals surface area contributed by atoms with E-state index in [1.165, 1.54) is 89.9 Å². The zero-order chi connectivity index (χ0) is 61.1. The molecule has 0 aliphatic carbocycles. The lowest BCUT2D eigenvalue weighted by Gasteiger charge is -2.21. The van der Waals surface area contributed by atoms with Crippen LogP contribution in [-0.4, -0.2) is 96.7 Å². The summed E-state index contributed by atoms with van der Waals surface area (Å²) >= 11 is 0. The van der Waals surface area contributed by atoms with Crippen molar-refractivity contribution in [1.82, 2.24) is 0 Å². The molecule has 0 amide bonds. The number of aliphatic hydroxyl groups excluding tert-OH is 1. The Morgan fingerprint density at radius 3 is 0.866 bits per heavy atom. The molecule has 0 radical (unpaired) electrons. The second-order valence-electron chi connectivity index (χ2n) is 24.2. The molecule has 0 aromatic heterocycles. The summed E-state index contributed by atoms with van der Waals surface area (Å²) in [6, 6.07) is 0. The van der Waals surface area contributed by atoms with E-state index in [-0.39, 0.29) is 25.7 Å². The average molecular weight is 1210 g/mol. The molecule has 486 valence electrons. The number of esters is 4. The van der Waals surface area contributed by atoms with Crippen molar-refractivity contribution in [1.29, 1.82) is 0 Å². The number of aliphatic hydroxyl groups is 1. The molecule has 4 unspecified atom stereocenters. The molecule has 7 atom stereocenters. The molecule has 82 heavy (non-hydrogen) atoms. The maximum absolute atomic E-state index is 13.0. The van der Waals surface area contributed by atoms with Crippen LogP contribution in [0, 0.1) is 23.7 Å². The van der Waals surface area contributed by atoms with Gasteiger partial charge >= 0.3 is 39.5 Å². The third kappa shape index (κ3) is 54.7. The first-order valence-corrected chi connectivity index (χ1v) is 35.8. The van der Waals surface area contributed by atoms with Gasteiger partial charge in [0.15, 0.2) is 12.2 Å². The van der Waals surface area contributed by atoms with Gasteiger partial charge in [0.05, 0.1) is 26.4 Å². The molecule has 17 nitrogen and oxygen atoms in total. The number of unbranched alkanes of at least 4 members (excludes halogenated alkanes) is 24. The quantitative estimate of drug-likeness (QED) is 0.0222. The van der Waals surface area contributed by atoms with Gasteiger partial charge in [0, 0.05) is 25.7 Å². The zero-order valence-electron chi connectivity index (χ0n) is 53.1. The summed E-state index contributed by atoms with van der Waals surface area (Å²) in [5.41, 5.74) is 0. The molecular weight excluding hydrogens is 1090 g/mol. The number of phosphoric ester groups is 2. The molecular formula is C63H122O17P2. The lowest BCUT2D eigenvalue weighted by atomic mass is 10.00. The molecule has 0 rings (SSSR count). The van der Waals surface area contributed by atoms with Gasteiger partial charge in [-0.05, 0) is 49.4 Å². The van der Waals surface area contributed by atoms with Crippen molar-refractivity contribution < 1.29 is 80.2 Å². The van der Waals surface area contributed by atoms with Crippen molar-refractivity contribution in [3.05, 3.63) is 0 Å². The third-order valence-corrected chi connectivity index (χ3v) is 16.9. The van der Waals surface area contributed by atoms with Crippen LogP contribution in [0.5, 0.6) is 0 Å². The summed E-state index contributed by atoms with van der Waals surface area (Å²) in [6.45, 7) is 13.9. The van der Waals surface area contributed by atoms with Crippen LogP contribution < -0.4 is 0 Å². The summed E-state index contributed by atoms with van der Waals surface area (Å²) in [6.07, 6.45) is 32.3. The Morgan fingerprint density at radius 2 is 0.585 bits per heavy atom. The lowest BCUT2D eigenvalue weighted by Crippen LogP contribution is -2.30. The Hall–Kier alpha value is -1.94. The van der Waals surface area contributed by atoms with Gasteiger partial charge in [-0.1, -0.05) is 248 Å². The average Bonchev–Trinajstić information content (AvgIpc) is 3.45. The predicted octanol–water partition coefficient (Wildman–Crippen LogP) is 17.0. The van der Waals surface area contributed by atoms with E-state index in [0.29, 0.717) is 31.6 Å². The number of carbonyl (C=O) groups is 4. The lowest BCUT2D eigenvalue weighted by molar-refractivity contribution is -0.161. The van der Waals surface area contributed by atoms with E-state index in [9.17, 15) is 43.2 Å². The van der Waals surface area contributed by atoms with E-state index in [4.69, 9.17) is 37.0 Å². The smallest absolute Gasteiger partial charge is 0.462 e. The minimum Gasteiger partial charge on any atom is -0.462 e. The van der Waals surface area contributed by atoms with E-state index in [0.717, 1.165) is 120 Å². The van der Waals surface area contributed by atoms with Crippen molar-refractivity contribution in [2.45, 2.75) is 318 Å². The highest BCUT2D eigenvalue weighted by Gasteiger charge is 2.30. The fourth-order valence-electron chi connectivity index (χ4n) is 9.19. The highest BCUT2D eigenvalue weighted by molar-refractivity contribution is 7.47. The van der Waals surface area contributed by atoms with Gasteiger partial charge < -0.3 is 33.8 Å². The Labute approximate surface area is 498 Å². The van der Waals surface area contributed by atoms with Crippen molar-refractivity contribution >= 4 is 39.5 Å². The van der Waals surface area contributed by atoms with Crippen LogP contribution in [0.15, 0.2) is 0 Å². The van der Waals surface area contributed by atoms with Gasteiger partial charge in [0.2, 0.25) is 0 Å². The van der Waals surface area contributed by atoms with Crippen molar-refractivity contribution in [3.8, 4) is 0 Å². The fourth-order valence-corrected chi connectivity index (χ4v) is 10.8. The number of ether oxygens (including phenoxy) is 4. The molecule has 3 N–H and O–H groups in total. The van der Waals surface area contributed by atoms with Crippen LogP contribution in [-0.2, 0) is 65.4 Å². The van der Waals surface area contributed by atoms with Gasteiger partial charge in [-0.2, -0.15) is 0 Å². The van der Waals surface area contributed by atoms with Crippen LogP contribution in [0.4, 0.5) is 0 Å². The summed E-state index contributed by atoms with van der Waals surface area (Å²) in [5, 5.41) is 10.5. The number of hydrogen-bond donors (Lipinski definition) is 3. The first-order valence-electron chi connectivity index (χ1n) is 32.8. The molecule has 19 heteroatoms. The van der Waals surface area contributed by atoms with Crippen molar-refractivity contribution in [2.75, 3.05) is 39.6 Å². The minimum atomic E-state index is -4.94. The Kier molecular flexibility index (Phi) is 52.0. The van der Waals surface area contributed by atoms with Crippen molar-refractivity contribution in [3.63, 3.8) is 0 Å². The maximum atomic E-state index is 13.0. The summed E-state index contributed by atoms with van der Waals surface area (Å²) in [4.78, 5) is 72.1. The van der Waals surface area contributed by atoms with Gasteiger partial charge in [-0.15, -0.1) is 0 Å². The normalized spacial score (nSPS) is 15.1. The van der Waals surface area contributed by atoms with Crippen LogP contribution in [0.3, 0.4) is 0 Å². The molecule has 0 fully saturated rings. The third-order valence-electron chi connectivity index (χ3n) is 15.0. The number of hydrogen-bond acceptors (Lipinski definition) is 15.